The molecule has 1 aliphatic rings. The van der Waals surface area contributed by atoms with E-state index >= 15 is 0 Å². The van der Waals surface area contributed by atoms with Crippen molar-refractivity contribution in [3.8, 4) is 0 Å². The van der Waals surface area contributed by atoms with Crippen LogP contribution < -0.4 is 5.32 Å². The lowest BCUT2D eigenvalue weighted by atomic mass is 10.1. The first-order valence-corrected chi connectivity index (χ1v) is 6.57. The van der Waals surface area contributed by atoms with E-state index in [1.54, 1.807) is 0 Å². The van der Waals surface area contributed by atoms with Gasteiger partial charge in [0.15, 0.2) is 0 Å². The standard InChI is InChI=1S/C13H18BrN/c1-2-7-15-9-10-8-12(10)11-5-3-4-6-13(11)14/h3-6,10,12,15H,2,7-9H2,1H3. The topological polar surface area (TPSA) is 12.0 Å². The highest BCUT2D eigenvalue weighted by molar-refractivity contribution is 9.10. The van der Waals surface area contributed by atoms with E-state index < -0.39 is 0 Å². The molecule has 1 aromatic carbocycles. The molecule has 0 saturated heterocycles. The molecule has 0 amide bonds. The van der Waals surface area contributed by atoms with Gasteiger partial charge in [-0.05, 0) is 49.4 Å². The summed E-state index contributed by atoms with van der Waals surface area (Å²) in [4.78, 5) is 0. The Kier molecular flexibility index (Phi) is 3.81. The Morgan fingerprint density at radius 3 is 2.93 bits per heavy atom. The summed E-state index contributed by atoms with van der Waals surface area (Å²) < 4.78 is 1.27. The predicted octanol–water partition coefficient (Wildman–Crippen LogP) is 3.55. The first-order valence-electron chi connectivity index (χ1n) is 5.78. The largest absolute Gasteiger partial charge is 0.316 e. The maximum atomic E-state index is 3.63. The van der Waals surface area contributed by atoms with E-state index in [-0.39, 0.29) is 0 Å². The number of hydrogen-bond donors (Lipinski definition) is 1. The molecule has 0 spiro atoms. The second kappa shape index (κ2) is 5.13. The minimum Gasteiger partial charge on any atom is -0.316 e. The van der Waals surface area contributed by atoms with Crippen LogP contribution in [0.4, 0.5) is 0 Å². The number of hydrogen-bond acceptors (Lipinski definition) is 1. The lowest BCUT2D eigenvalue weighted by Crippen LogP contribution is -2.17. The molecular formula is C13H18BrN. The lowest BCUT2D eigenvalue weighted by Gasteiger charge is -2.04. The Balaban J connectivity index is 1.85. The fraction of sp³-hybridized carbons (Fsp3) is 0.538. The van der Waals surface area contributed by atoms with Gasteiger partial charge in [-0.2, -0.15) is 0 Å². The molecule has 0 heterocycles. The van der Waals surface area contributed by atoms with E-state index in [1.807, 2.05) is 0 Å². The fourth-order valence-electron chi connectivity index (χ4n) is 2.09. The van der Waals surface area contributed by atoms with Crippen LogP contribution in [0.5, 0.6) is 0 Å². The van der Waals surface area contributed by atoms with Crippen LogP contribution in [0.2, 0.25) is 0 Å². The summed E-state index contributed by atoms with van der Waals surface area (Å²) in [6.45, 7) is 4.55. The van der Waals surface area contributed by atoms with Crippen molar-refractivity contribution in [3.63, 3.8) is 0 Å². The molecule has 2 unspecified atom stereocenters. The number of nitrogens with one attached hydrogen (secondary N) is 1. The van der Waals surface area contributed by atoms with Gasteiger partial charge >= 0.3 is 0 Å². The fourth-order valence-corrected chi connectivity index (χ4v) is 2.67. The van der Waals surface area contributed by atoms with Crippen molar-refractivity contribution in [3.05, 3.63) is 34.3 Å². The van der Waals surface area contributed by atoms with E-state index in [0.717, 1.165) is 18.4 Å². The van der Waals surface area contributed by atoms with Gasteiger partial charge in [0.05, 0.1) is 0 Å². The molecule has 1 aliphatic carbocycles. The van der Waals surface area contributed by atoms with Gasteiger partial charge in [0, 0.05) is 4.47 Å². The molecule has 1 fully saturated rings. The van der Waals surface area contributed by atoms with E-state index in [2.05, 4.69) is 52.4 Å². The highest BCUT2D eigenvalue weighted by atomic mass is 79.9. The molecule has 0 aromatic heterocycles. The van der Waals surface area contributed by atoms with E-state index in [9.17, 15) is 0 Å². The van der Waals surface area contributed by atoms with Gasteiger partial charge in [0.2, 0.25) is 0 Å². The van der Waals surface area contributed by atoms with Crippen LogP contribution in [-0.2, 0) is 0 Å². The molecule has 1 aromatic rings. The van der Waals surface area contributed by atoms with Gasteiger partial charge in [-0.15, -0.1) is 0 Å². The van der Waals surface area contributed by atoms with Crippen LogP contribution >= 0.6 is 15.9 Å². The number of halogens is 1. The molecule has 82 valence electrons. The van der Waals surface area contributed by atoms with Crippen LogP contribution in [0.1, 0.15) is 31.2 Å². The maximum absolute atomic E-state index is 3.63. The monoisotopic (exact) mass is 267 g/mol. The smallest absolute Gasteiger partial charge is 0.0210 e. The molecule has 0 radical (unpaired) electrons. The van der Waals surface area contributed by atoms with Crippen molar-refractivity contribution >= 4 is 15.9 Å². The van der Waals surface area contributed by atoms with E-state index in [0.29, 0.717) is 0 Å². The first kappa shape index (κ1) is 11.2. The van der Waals surface area contributed by atoms with Gasteiger partial charge in [-0.25, -0.2) is 0 Å². The lowest BCUT2D eigenvalue weighted by molar-refractivity contribution is 0.620. The van der Waals surface area contributed by atoms with Crippen molar-refractivity contribution in [1.82, 2.24) is 5.32 Å². The molecule has 0 aliphatic heterocycles. The number of rotatable bonds is 5. The van der Waals surface area contributed by atoms with Crippen molar-refractivity contribution < 1.29 is 0 Å². The zero-order valence-corrected chi connectivity index (χ0v) is 10.8. The second-order valence-electron chi connectivity index (χ2n) is 4.33. The summed E-state index contributed by atoms with van der Waals surface area (Å²) in [5, 5.41) is 3.50. The third kappa shape index (κ3) is 2.82. The van der Waals surface area contributed by atoms with Gasteiger partial charge in [0.25, 0.3) is 0 Å². The summed E-state index contributed by atoms with van der Waals surface area (Å²) in [5.74, 6) is 1.64. The average molecular weight is 268 g/mol. The molecular weight excluding hydrogens is 250 g/mol. The van der Waals surface area contributed by atoms with E-state index in [1.165, 1.54) is 29.4 Å². The van der Waals surface area contributed by atoms with Crippen LogP contribution in [0.15, 0.2) is 28.7 Å². The van der Waals surface area contributed by atoms with Crippen LogP contribution in [0.3, 0.4) is 0 Å². The Morgan fingerprint density at radius 1 is 1.40 bits per heavy atom. The SMILES string of the molecule is CCCNCC1CC1c1ccccc1Br. The van der Waals surface area contributed by atoms with Crippen LogP contribution in [0.25, 0.3) is 0 Å². The minimum atomic E-state index is 0.782. The Hall–Kier alpha value is -0.340. The Morgan fingerprint density at radius 2 is 2.20 bits per heavy atom. The van der Waals surface area contributed by atoms with Crippen LogP contribution in [-0.4, -0.2) is 13.1 Å². The van der Waals surface area contributed by atoms with Crippen molar-refractivity contribution in [2.45, 2.75) is 25.7 Å². The summed E-state index contributed by atoms with van der Waals surface area (Å²) >= 11 is 3.63. The van der Waals surface area contributed by atoms with Gasteiger partial charge in [0.1, 0.15) is 0 Å². The van der Waals surface area contributed by atoms with Crippen molar-refractivity contribution in [1.29, 1.82) is 0 Å². The average Bonchev–Trinajstić information content (AvgIpc) is 2.98. The summed E-state index contributed by atoms with van der Waals surface area (Å²) in [7, 11) is 0. The van der Waals surface area contributed by atoms with Gasteiger partial charge in [-0.1, -0.05) is 41.1 Å². The molecule has 2 atom stereocenters. The van der Waals surface area contributed by atoms with E-state index in [4.69, 9.17) is 0 Å². The van der Waals surface area contributed by atoms with Crippen LogP contribution in [0, 0.1) is 5.92 Å². The zero-order valence-electron chi connectivity index (χ0n) is 9.17. The molecule has 0 bridgehead atoms. The maximum Gasteiger partial charge on any atom is 0.0210 e. The quantitative estimate of drug-likeness (QED) is 0.805. The molecule has 1 saturated carbocycles. The van der Waals surface area contributed by atoms with Crippen molar-refractivity contribution in [2.75, 3.05) is 13.1 Å². The zero-order chi connectivity index (χ0) is 10.7. The Labute approximate surface area is 100 Å². The molecule has 15 heavy (non-hydrogen) atoms. The first-order chi connectivity index (χ1) is 7.33. The number of benzene rings is 1. The highest BCUT2D eigenvalue weighted by Crippen LogP contribution is 2.48. The summed E-state index contributed by atoms with van der Waals surface area (Å²) in [5.41, 5.74) is 1.49. The summed E-state index contributed by atoms with van der Waals surface area (Å²) in [6.07, 6.45) is 2.58. The third-order valence-corrected chi connectivity index (χ3v) is 3.78. The molecule has 1 N–H and O–H groups in total. The highest BCUT2D eigenvalue weighted by Gasteiger charge is 2.38. The van der Waals surface area contributed by atoms with Gasteiger partial charge in [-0.3, -0.25) is 0 Å². The van der Waals surface area contributed by atoms with Crippen molar-refractivity contribution in [2.24, 2.45) is 5.92 Å². The minimum absolute atomic E-state index is 0.782. The second-order valence-corrected chi connectivity index (χ2v) is 5.18. The molecule has 2 rings (SSSR count). The van der Waals surface area contributed by atoms with Gasteiger partial charge < -0.3 is 5.32 Å². The normalized spacial score (nSPS) is 24.1. The molecule has 1 nitrogen and oxygen atoms in total. The Bertz CT molecular complexity index is 324. The predicted molar refractivity (Wildman–Crippen MR) is 68.2 cm³/mol. The molecule has 2 heteroatoms. The summed E-state index contributed by atoms with van der Waals surface area (Å²) in [6, 6.07) is 8.61. The third-order valence-electron chi connectivity index (χ3n) is 3.06.